The number of anilines is 1. The van der Waals surface area contributed by atoms with Gasteiger partial charge in [-0.2, -0.15) is 0 Å². The van der Waals surface area contributed by atoms with Gasteiger partial charge in [0.25, 0.3) is 0 Å². The molecule has 158 valence electrons. The largest absolute Gasteiger partial charge is 0.493 e. The first-order valence-corrected chi connectivity index (χ1v) is 11.1. The minimum atomic E-state index is 0.595. The number of rotatable bonds is 8. The Morgan fingerprint density at radius 3 is 2.72 bits per heavy atom. The van der Waals surface area contributed by atoms with E-state index in [0.29, 0.717) is 12.5 Å². The van der Waals surface area contributed by atoms with Crippen molar-refractivity contribution in [3.05, 3.63) is 40.6 Å². The summed E-state index contributed by atoms with van der Waals surface area (Å²) >= 11 is 1.85. The molecule has 0 atom stereocenters. The predicted molar refractivity (Wildman–Crippen MR) is 121 cm³/mol. The van der Waals surface area contributed by atoms with Crippen molar-refractivity contribution in [1.29, 1.82) is 0 Å². The third kappa shape index (κ3) is 6.37. The highest BCUT2D eigenvalue weighted by Gasteiger charge is 2.19. The second kappa shape index (κ2) is 11.1. The van der Waals surface area contributed by atoms with Gasteiger partial charge in [-0.05, 0) is 62.4 Å². The predicted octanol–water partition coefficient (Wildman–Crippen LogP) is 4.05. The molecule has 0 radical (unpaired) electrons. The van der Waals surface area contributed by atoms with Gasteiger partial charge in [-0.3, -0.25) is 9.89 Å². The average molecular weight is 417 g/mol. The second-order valence-electron chi connectivity index (χ2n) is 7.18. The summed E-state index contributed by atoms with van der Waals surface area (Å²) < 4.78 is 11.0. The van der Waals surface area contributed by atoms with E-state index in [2.05, 4.69) is 38.0 Å². The van der Waals surface area contributed by atoms with Gasteiger partial charge in [0.2, 0.25) is 0 Å². The smallest absolute Gasteiger partial charge is 0.195 e. The standard InChI is InChI=1S/C22H32N4O2S/c1-4-28-21-14-18(7-8-20(21)27-3)25-22(23-2)24-15-17-9-11-26(12-10-17)16-19-6-5-13-29-19/h5-8,13-14,17H,4,9-12,15-16H2,1-3H3,(H2,23,24,25). The third-order valence-electron chi connectivity index (χ3n) is 5.17. The molecule has 0 aliphatic carbocycles. The van der Waals surface area contributed by atoms with Crippen molar-refractivity contribution < 1.29 is 9.47 Å². The molecule has 0 bridgehead atoms. The van der Waals surface area contributed by atoms with E-state index in [1.54, 1.807) is 14.2 Å². The number of nitrogens with one attached hydrogen (secondary N) is 2. The van der Waals surface area contributed by atoms with Crippen molar-refractivity contribution in [3.63, 3.8) is 0 Å². The van der Waals surface area contributed by atoms with Crippen LogP contribution in [0.15, 0.2) is 40.7 Å². The molecular weight excluding hydrogens is 384 g/mol. The molecule has 2 heterocycles. The number of likely N-dealkylation sites (tertiary alicyclic amines) is 1. The number of methoxy groups -OCH3 is 1. The highest BCUT2D eigenvalue weighted by molar-refractivity contribution is 7.09. The number of guanidine groups is 1. The summed E-state index contributed by atoms with van der Waals surface area (Å²) in [4.78, 5) is 8.38. The Bertz CT molecular complexity index is 771. The fourth-order valence-corrected chi connectivity index (χ4v) is 4.30. The number of aliphatic imine (C=N–C) groups is 1. The Hall–Kier alpha value is -2.25. The van der Waals surface area contributed by atoms with Crippen LogP contribution in [0.2, 0.25) is 0 Å². The molecule has 3 rings (SSSR count). The minimum Gasteiger partial charge on any atom is -0.493 e. The monoisotopic (exact) mass is 416 g/mol. The normalized spacial score (nSPS) is 15.9. The van der Waals surface area contributed by atoms with E-state index in [4.69, 9.17) is 9.47 Å². The number of thiophene rings is 1. The van der Waals surface area contributed by atoms with Gasteiger partial charge < -0.3 is 20.1 Å². The molecule has 2 aromatic rings. The van der Waals surface area contributed by atoms with Crippen molar-refractivity contribution in [2.45, 2.75) is 26.3 Å². The molecule has 1 aromatic heterocycles. The zero-order valence-electron chi connectivity index (χ0n) is 17.6. The van der Waals surface area contributed by atoms with Crippen molar-refractivity contribution in [1.82, 2.24) is 10.2 Å². The number of ether oxygens (including phenoxy) is 2. The molecule has 0 spiro atoms. The Kier molecular flexibility index (Phi) is 8.19. The van der Waals surface area contributed by atoms with Crippen molar-refractivity contribution in [2.75, 3.05) is 45.7 Å². The molecule has 2 N–H and O–H groups in total. The van der Waals surface area contributed by atoms with Crippen LogP contribution in [0, 0.1) is 5.92 Å². The first-order chi connectivity index (χ1) is 14.2. The number of hydrogen-bond acceptors (Lipinski definition) is 5. The van der Waals surface area contributed by atoms with Gasteiger partial charge in [0, 0.05) is 36.8 Å². The topological polar surface area (TPSA) is 58.1 Å². The lowest BCUT2D eigenvalue weighted by atomic mass is 9.97. The first kappa shape index (κ1) is 21.5. The van der Waals surface area contributed by atoms with E-state index >= 15 is 0 Å². The lowest BCUT2D eigenvalue weighted by Gasteiger charge is -2.32. The van der Waals surface area contributed by atoms with Gasteiger partial charge in [-0.15, -0.1) is 11.3 Å². The van der Waals surface area contributed by atoms with Crippen LogP contribution in [0.1, 0.15) is 24.6 Å². The van der Waals surface area contributed by atoms with E-state index in [9.17, 15) is 0 Å². The zero-order valence-corrected chi connectivity index (χ0v) is 18.4. The Labute approximate surface area is 177 Å². The summed E-state index contributed by atoms with van der Waals surface area (Å²) in [6, 6.07) is 10.2. The van der Waals surface area contributed by atoms with Crippen LogP contribution in [-0.2, 0) is 6.54 Å². The molecule has 29 heavy (non-hydrogen) atoms. The fraction of sp³-hybridized carbons (Fsp3) is 0.500. The third-order valence-corrected chi connectivity index (χ3v) is 6.04. The van der Waals surface area contributed by atoms with Gasteiger partial charge in [-0.1, -0.05) is 6.07 Å². The lowest BCUT2D eigenvalue weighted by molar-refractivity contribution is 0.179. The Morgan fingerprint density at radius 2 is 2.07 bits per heavy atom. The maximum Gasteiger partial charge on any atom is 0.195 e. The summed E-state index contributed by atoms with van der Waals surface area (Å²) in [6.07, 6.45) is 2.43. The molecule has 0 amide bonds. The number of hydrogen-bond donors (Lipinski definition) is 2. The molecule has 6 nitrogen and oxygen atoms in total. The highest BCUT2D eigenvalue weighted by atomic mass is 32.1. The molecule has 1 aliphatic heterocycles. The van der Waals surface area contributed by atoms with Crippen molar-refractivity contribution in [3.8, 4) is 11.5 Å². The van der Waals surface area contributed by atoms with Gasteiger partial charge in [0.1, 0.15) is 0 Å². The van der Waals surface area contributed by atoms with Crippen LogP contribution in [0.25, 0.3) is 0 Å². The molecule has 1 fully saturated rings. The average Bonchev–Trinajstić information content (AvgIpc) is 3.25. The number of nitrogens with zero attached hydrogens (tertiary/aromatic N) is 2. The van der Waals surface area contributed by atoms with Gasteiger partial charge >= 0.3 is 0 Å². The summed E-state index contributed by atoms with van der Waals surface area (Å²) in [6.45, 7) is 6.89. The van der Waals surface area contributed by atoms with E-state index in [-0.39, 0.29) is 0 Å². The quantitative estimate of drug-likeness (QED) is 0.502. The van der Waals surface area contributed by atoms with Crippen LogP contribution < -0.4 is 20.1 Å². The number of benzene rings is 1. The number of piperidine rings is 1. The summed E-state index contributed by atoms with van der Waals surface area (Å²) in [7, 11) is 3.45. The van der Waals surface area contributed by atoms with Crippen molar-refractivity contribution >= 4 is 23.0 Å². The van der Waals surface area contributed by atoms with Gasteiger partial charge in [0.15, 0.2) is 17.5 Å². The van der Waals surface area contributed by atoms with E-state index in [1.807, 2.05) is 36.5 Å². The second-order valence-corrected chi connectivity index (χ2v) is 8.21. The molecule has 7 heteroatoms. The highest BCUT2D eigenvalue weighted by Crippen LogP contribution is 2.30. The molecule has 0 unspecified atom stereocenters. The summed E-state index contributed by atoms with van der Waals surface area (Å²) in [5.74, 6) is 2.91. The maximum atomic E-state index is 5.66. The van der Waals surface area contributed by atoms with Gasteiger partial charge in [0.05, 0.1) is 13.7 Å². The van der Waals surface area contributed by atoms with Crippen LogP contribution >= 0.6 is 11.3 Å². The Balaban J connectivity index is 1.45. The molecule has 1 aromatic carbocycles. The first-order valence-electron chi connectivity index (χ1n) is 10.2. The lowest BCUT2D eigenvalue weighted by Crippen LogP contribution is -2.40. The molecular formula is C22H32N4O2S. The summed E-state index contributed by atoms with van der Waals surface area (Å²) in [5, 5.41) is 8.99. The summed E-state index contributed by atoms with van der Waals surface area (Å²) in [5.41, 5.74) is 0.924. The maximum absolute atomic E-state index is 5.66. The van der Waals surface area contributed by atoms with Crippen LogP contribution in [0.4, 0.5) is 5.69 Å². The van der Waals surface area contributed by atoms with Crippen LogP contribution in [0.5, 0.6) is 11.5 Å². The molecule has 1 saturated heterocycles. The van der Waals surface area contributed by atoms with Gasteiger partial charge in [-0.25, -0.2) is 0 Å². The van der Waals surface area contributed by atoms with E-state index in [0.717, 1.165) is 49.3 Å². The zero-order chi connectivity index (χ0) is 20.5. The van der Waals surface area contributed by atoms with Crippen LogP contribution in [-0.4, -0.2) is 51.3 Å². The van der Waals surface area contributed by atoms with E-state index in [1.165, 1.54) is 17.7 Å². The molecule has 0 saturated carbocycles. The molecule has 1 aliphatic rings. The van der Waals surface area contributed by atoms with E-state index < -0.39 is 0 Å². The fourth-order valence-electron chi connectivity index (χ4n) is 3.55. The van der Waals surface area contributed by atoms with Crippen molar-refractivity contribution in [2.24, 2.45) is 10.9 Å². The SMILES string of the molecule is CCOc1cc(NC(=NC)NCC2CCN(Cc3cccs3)CC2)ccc1OC. The Morgan fingerprint density at radius 1 is 1.24 bits per heavy atom. The van der Waals surface area contributed by atoms with Crippen LogP contribution in [0.3, 0.4) is 0 Å². The minimum absolute atomic E-state index is 0.595.